The van der Waals surface area contributed by atoms with Crippen molar-refractivity contribution < 1.29 is 14.3 Å². The molecule has 0 unspecified atom stereocenters. The molecule has 0 spiro atoms. The van der Waals surface area contributed by atoms with Gasteiger partial charge >= 0.3 is 0 Å². The lowest BCUT2D eigenvalue weighted by Crippen LogP contribution is -2.26. The Morgan fingerprint density at radius 2 is 1.93 bits per heavy atom. The summed E-state index contributed by atoms with van der Waals surface area (Å²) in [5, 5.41) is 13.3. The van der Waals surface area contributed by atoms with Crippen LogP contribution in [0.1, 0.15) is 18.4 Å². The van der Waals surface area contributed by atoms with Gasteiger partial charge in [0.05, 0.1) is 13.7 Å². The summed E-state index contributed by atoms with van der Waals surface area (Å²) >= 11 is 0. The van der Waals surface area contributed by atoms with Gasteiger partial charge in [-0.1, -0.05) is 30.3 Å². The number of para-hydroxylation sites is 3. The van der Waals surface area contributed by atoms with Crippen molar-refractivity contribution in [2.75, 3.05) is 13.7 Å². The van der Waals surface area contributed by atoms with Crippen molar-refractivity contribution in [2.45, 2.75) is 25.4 Å². The number of rotatable bonds is 8. The van der Waals surface area contributed by atoms with Crippen molar-refractivity contribution in [1.29, 1.82) is 5.26 Å². The van der Waals surface area contributed by atoms with Crippen LogP contribution in [0.3, 0.4) is 0 Å². The Bertz CT molecular complexity index is 1140. The fourth-order valence-electron chi connectivity index (χ4n) is 3.36. The Kier molecular flexibility index (Phi) is 5.71. The van der Waals surface area contributed by atoms with E-state index in [0.717, 1.165) is 29.3 Å². The van der Waals surface area contributed by atoms with E-state index in [2.05, 4.69) is 9.88 Å². The van der Waals surface area contributed by atoms with Crippen LogP contribution in [0.2, 0.25) is 0 Å². The first kappa shape index (κ1) is 19.6. The smallest absolute Gasteiger partial charge is 0.262 e. The molecule has 6 nitrogen and oxygen atoms in total. The Morgan fingerprint density at radius 3 is 2.67 bits per heavy atom. The molecule has 1 heterocycles. The summed E-state index contributed by atoms with van der Waals surface area (Å²) in [5.41, 5.74) is 1.98. The van der Waals surface area contributed by atoms with Crippen molar-refractivity contribution in [2.24, 2.45) is 0 Å². The van der Waals surface area contributed by atoms with Crippen LogP contribution in [0, 0.1) is 11.3 Å². The number of aromatic nitrogens is 1. The molecule has 1 amide bonds. The molecule has 0 saturated heterocycles. The predicted octanol–water partition coefficient (Wildman–Crippen LogP) is 3.91. The van der Waals surface area contributed by atoms with Gasteiger partial charge in [0.15, 0.2) is 11.5 Å². The quantitative estimate of drug-likeness (QED) is 0.459. The molecule has 1 saturated carbocycles. The average molecular weight is 401 g/mol. The normalized spacial score (nSPS) is 13.7. The van der Waals surface area contributed by atoms with Gasteiger partial charge in [-0.25, -0.2) is 0 Å². The van der Waals surface area contributed by atoms with Gasteiger partial charge in [-0.15, -0.1) is 0 Å². The van der Waals surface area contributed by atoms with E-state index in [4.69, 9.17) is 9.47 Å². The van der Waals surface area contributed by atoms with E-state index in [1.165, 1.54) is 0 Å². The van der Waals surface area contributed by atoms with Crippen molar-refractivity contribution in [3.8, 4) is 17.6 Å². The summed E-state index contributed by atoms with van der Waals surface area (Å²) in [7, 11) is 1.62. The minimum absolute atomic E-state index is 0.120. The third kappa shape index (κ3) is 4.31. The molecule has 0 bridgehead atoms. The van der Waals surface area contributed by atoms with Gasteiger partial charge in [0.1, 0.15) is 18.2 Å². The first-order chi connectivity index (χ1) is 14.7. The number of benzene rings is 2. The Morgan fingerprint density at radius 1 is 1.20 bits per heavy atom. The minimum Gasteiger partial charge on any atom is -0.493 e. The maximum atomic E-state index is 12.3. The second-order valence-corrected chi connectivity index (χ2v) is 7.21. The second kappa shape index (κ2) is 8.75. The number of ether oxygens (including phenoxy) is 2. The zero-order valence-electron chi connectivity index (χ0n) is 16.8. The zero-order chi connectivity index (χ0) is 20.9. The number of carbonyl (C=O) groups excluding carboxylic acids is 1. The van der Waals surface area contributed by atoms with Gasteiger partial charge < -0.3 is 19.4 Å². The highest BCUT2D eigenvalue weighted by Gasteiger charge is 2.25. The van der Waals surface area contributed by atoms with Gasteiger partial charge in [-0.2, -0.15) is 5.26 Å². The van der Waals surface area contributed by atoms with Crippen LogP contribution in [-0.2, 0) is 11.3 Å². The van der Waals surface area contributed by atoms with Crippen molar-refractivity contribution in [1.82, 2.24) is 9.88 Å². The van der Waals surface area contributed by atoms with Crippen LogP contribution in [0.15, 0.2) is 60.3 Å². The second-order valence-electron chi connectivity index (χ2n) is 7.21. The number of fused-ring (bicyclic) bond motifs is 1. The number of amides is 1. The highest BCUT2D eigenvalue weighted by Crippen LogP contribution is 2.27. The molecule has 152 valence electrons. The first-order valence-electron chi connectivity index (χ1n) is 9.96. The average Bonchev–Trinajstić information content (AvgIpc) is 3.53. The summed E-state index contributed by atoms with van der Waals surface area (Å²) in [4.78, 5) is 12.3. The summed E-state index contributed by atoms with van der Waals surface area (Å²) < 4.78 is 13.3. The van der Waals surface area contributed by atoms with E-state index in [1.807, 2.05) is 60.8 Å². The molecule has 1 aromatic heterocycles. The molecular weight excluding hydrogens is 378 g/mol. The summed E-state index contributed by atoms with van der Waals surface area (Å²) in [6.45, 7) is 1.07. The third-order valence-electron chi connectivity index (χ3n) is 5.06. The lowest BCUT2D eigenvalue weighted by Gasteiger charge is -2.11. The van der Waals surface area contributed by atoms with E-state index in [1.54, 1.807) is 13.2 Å². The van der Waals surface area contributed by atoms with E-state index in [9.17, 15) is 10.1 Å². The molecule has 4 rings (SSSR count). The van der Waals surface area contributed by atoms with Crippen LogP contribution in [-0.4, -0.2) is 30.2 Å². The Hall–Kier alpha value is -3.72. The van der Waals surface area contributed by atoms with Crippen LogP contribution in [0.4, 0.5) is 0 Å². The van der Waals surface area contributed by atoms with Gasteiger partial charge in [-0.05, 0) is 37.1 Å². The number of nitriles is 1. The lowest BCUT2D eigenvalue weighted by atomic mass is 10.1. The van der Waals surface area contributed by atoms with Gasteiger partial charge in [0, 0.05) is 28.7 Å². The Balaban J connectivity index is 1.55. The third-order valence-corrected chi connectivity index (χ3v) is 5.06. The molecule has 1 aliphatic carbocycles. The van der Waals surface area contributed by atoms with Crippen molar-refractivity contribution >= 4 is 22.9 Å². The number of nitrogens with one attached hydrogen (secondary N) is 1. The molecular formula is C24H23N3O3. The van der Waals surface area contributed by atoms with Gasteiger partial charge in [0.2, 0.25) is 0 Å². The zero-order valence-corrected chi connectivity index (χ0v) is 16.8. The highest BCUT2D eigenvalue weighted by molar-refractivity contribution is 6.04. The number of hydrogen-bond donors (Lipinski definition) is 1. The Labute approximate surface area is 175 Å². The molecule has 1 N–H and O–H groups in total. The fourth-order valence-corrected chi connectivity index (χ4v) is 3.36. The SMILES string of the molecule is COc1ccccc1OCCn1cc(/C=C(\C#N)C(=O)NC2CC2)c2ccccc21. The lowest BCUT2D eigenvalue weighted by molar-refractivity contribution is -0.117. The minimum atomic E-state index is -0.309. The standard InChI is InChI=1S/C24H23N3O3/c1-29-22-8-4-5-9-23(22)30-13-12-27-16-18(20-6-2-3-7-21(20)27)14-17(15-25)24(28)26-19-10-11-19/h2-9,14,16,19H,10-13H2,1H3,(H,26,28)/b17-14+. The molecule has 1 aliphatic rings. The molecule has 2 aromatic carbocycles. The van der Waals surface area contributed by atoms with Gasteiger partial charge in [0.25, 0.3) is 5.91 Å². The van der Waals surface area contributed by atoms with E-state index in [0.29, 0.717) is 24.7 Å². The monoisotopic (exact) mass is 401 g/mol. The molecule has 30 heavy (non-hydrogen) atoms. The number of hydrogen-bond acceptors (Lipinski definition) is 4. The van der Waals surface area contributed by atoms with Crippen LogP contribution >= 0.6 is 0 Å². The molecule has 0 aliphatic heterocycles. The van der Waals surface area contributed by atoms with Crippen LogP contribution in [0.5, 0.6) is 11.5 Å². The summed E-state index contributed by atoms with van der Waals surface area (Å²) in [6.07, 6.45) is 5.58. The van der Waals surface area contributed by atoms with Crippen molar-refractivity contribution in [3.63, 3.8) is 0 Å². The molecule has 0 atom stereocenters. The van der Waals surface area contributed by atoms with E-state index in [-0.39, 0.29) is 17.5 Å². The summed E-state index contributed by atoms with van der Waals surface area (Å²) in [6, 6.07) is 17.7. The maximum absolute atomic E-state index is 12.3. The van der Waals surface area contributed by atoms with Crippen LogP contribution in [0.25, 0.3) is 17.0 Å². The molecule has 1 fully saturated rings. The topological polar surface area (TPSA) is 76.3 Å². The number of nitrogens with zero attached hydrogens (tertiary/aromatic N) is 2. The number of methoxy groups -OCH3 is 1. The molecule has 0 radical (unpaired) electrons. The first-order valence-corrected chi connectivity index (χ1v) is 9.96. The van der Waals surface area contributed by atoms with E-state index >= 15 is 0 Å². The predicted molar refractivity (Wildman–Crippen MR) is 115 cm³/mol. The number of carbonyl (C=O) groups is 1. The maximum Gasteiger partial charge on any atom is 0.262 e. The van der Waals surface area contributed by atoms with Gasteiger partial charge in [-0.3, -0.25) is 4.79 Å². The van der Waals surface area contributed by atoms with Crippen LogP contribution < -0.4 is 14.8 Å². The van der Waals surface area contributed by atoms with E-state index < -0.39 is 0 Å². The highest BCUT2D eigenvalue weighted by atomic mass is 16.5. The molecule has 3 aromatic rings. The summed E-state index contributed by atoms with van der Waals surface area (Å²) in [5.74, 6) is 1.08. The van der Waals surface area contributed by atoms with Crippen molar-refractivity contribution in [3.05, 3.63) is 65.9 Å². The fraction of sp³-hybridized carbons (Fsp3) is 0.250. The largest absolute Gasteiger partial charge is 0.493 e. The molecule has 6 heteroatoms.